The third-order valence-electron chi connectivity index (χ3n) is 4.53. The molecule has 0 fully saturated rings. The Morgan fingerprint density at radius 2 is 1.55 bits per heavy atom. The number of nitro benzene ring substituents is 1. The first-order valence-corrected chi connectivity index (χ1v) is 10.9. The number of carbonyl (C=O) groups is 2. The Morgan fingerprint density at radius 1 is 1.00 bits per heavy atom. The van der Waals surface area contributed by atoms with Crippen LogP contribution in [0.2, 0.25) is 0 Å². The highest BCUT2D eigenvalue weighted by atomic mass is 31.2. The standard InChI is InChI=1S/C20H23N2O8P/c1-28-20(24)18(12-14-6-10-17(11-7-14)22(25)26)21-19(23)16-8-4-15(5-9-16)13-31(27,29-2)30-3/h4-11,18H,12-13H2,1-3H3,(H,21,23)/t18-/m0/s1. The molecule has 10 nitrogen and oxygen atoms in total. The molecule has 0 aliphatic heterocycles. The number of ether oxygens (including phenoxy) is 1. The molecule has 0 saturated carbocycles. The number of rotatable bonds is 10. The van der Waals surface area contributed by atoms with Gasteiger partial charge in [0.15, 0.2) is 0 Å². The van der Waals surface area contributed by atoms with Crippen LogP contribution in [0, 0.1) is 10.1 Å². The predicted molar refractivity (Wildman–Crippen MR) is 112 cm³/mol. The summed E-state index contributed by atoms with van der Waals surface area (Å²) in [4.78, 5) is 35.0. The van der Waals surface area contributed by atoms with Gasteiger partial charge in [-0.2, -0.15) is 0 Å². The van der Waals surface area contributed by atoms with Gasteiger partial charge in [-0.3, -0.25) is 19.5 Å². The van der Waals surface area contributed by atoms with Crippen molar-refractivity contribution in [1.29, 1.82) is 0 Å². The summed E-state index contributed by atoms with van der Waals surface area (Å²) in [5, 5.41) is 13.4. The molecule has 1 N–H and O–H groups in total. The monoisotopic (exact) mass is 450 g/mol. The van der Waals surface area contributed by atoms with Gasteiger partial charge in [-0.15, -0.1) is 0 Å². The third kappa shape index (κ3) is 6.71. The molecule has 2 aromatic carbocycles. The maximum absolute atomic E-state index is 12.6. The van der Waals surface area contributed by atoms with Crippen molar-refractivity contribution in [2.24, 2.45) is 0 Å². The van der Waals surface area contributed by atoms with Crippen LogP contribution in [-0.2, 0) is 35.7 Å². The van der Waals surface area contributed by atoms with Crippen molar-refractivity contribution in [3.8, 4) is 0 Å². The van der Waals surface area contributed by atoms with Crippen molar-refractivity contribution in [1.82, 2.24) is 5.32 Å². The van der Waals surface area contributed by atoms with E-state index in [1.165, 1.54) is 57.7 Å². The van der Waals surface area contributed by atoms with Crippen molar-refractivity contribution in [2.75, 3.05) is 21.3 Å². The Hall–Kier alpha value is -3.07. The quantitative estimate of drug-likeness (QED) is 0.253. The van der Waals surface area contributed by atoms with Crippen LogP contribution in [-0.4, -0.2) is 44.2 Å². The Kier molecular flexibility index (Phi) is 8.44. The van der Waals surface area contributed by atoms with Crippen LogP contribution in [0.25, 0.3) is 0 Å². The zero-order valence-electron chi connectivity index (χ0n) is 17.3. The molecule has 2 aromatic rings. The largest absolute Gasteiger partial charge is 0.467 e. The first kappa shape index (κ1) is 24.2. The minimum Gasteiger partial charge on any atom is -0.467 e. The van der Waals surface area contributed by atoms with E-state index in [0.29, 0.717) is 11.1 Å². The third-order valence-corrected chi connectivity index (χ3v) is 6.39. The zero-order valence-corrected chi connectivity index (χ0v) is 18.2. The molecular weight excluding hydrogens is 427 g/mol. The van der Waals surface area contributed by atoms with Gasteiger partial charge in [0.2, 0.25) is 0 Å². The van der Waals surface area contributed by atoms with Gasteiger partial charge in [0.1, 0.15) is 6.04 Å². The van der Waals surface area contributed by atoms with Crippen LogP contribution in [0.4, 0.5) is 5.69 Å². The Morgan fingerprint density at radius 3 is 2.03 bits per heavy atom. The van der Waals surface area contributed by atoms with Gasteiger partial charge >= 0.3 is 13.6 Å². The zero-order chi connectivity index (χ0) is 23.0. The second kappa shape index (κ2) is 10.8. The van der Waals surface area contributed by atoms with E-state index >= 15 is 0 Å². The van der Waals surface area contributed by atoms with Crippen LogP contribution in [0.15, 0.2) is 48.5 Å². The van der Waals surface area contributed by atoms with Gasteiger partial charge < -0.3 is 19.1 Å². The van der Waals surface area contributed by atoms with Gasteiger partial charge in [0, 0.05) is 38.3 Å². The first-order valence-electron chi connectivity index (χ1n) is 9.13. The maximum Gasteiger partial charge on any atom is 0.334 e. The number of methoxy groups -OCH3 is 1. The number of benzene rings is 2. The van der Waals surface area contributed by atoms with E-state index in [2.05, 4.69) is 5.32 Å². The number of non-ortho nitro benzene ring substituents is 1. The second-order valence-electron chi connectivity index (χ2n) is 6.51. The Labute approximate surface area is 179 Å². The molecule has 0 aromatic heterocycles. The average Bonchev–Trinajstić information content (AvgIpc) is 2.78. The molecular formula is C20H23N2O8P. The minimum atomic E-state index is -3.23. The number of hydrogen-bond acceptors (Lipinski definition) is 8. The number of nitrogens with zero attached hydrogens (tertiary/aromatic N) is 1. The molecule has 0 spiro atoms. The van der Waals surface area contributed by atoms with E-state index < -0.39 is 30.4 Å². The lowest BCUT2D eigenvalue weighted by atomic mass is 10.0. The molecule has 0 radical (unpaired) electrons. The molecule has 31 heavy (non-hydrogen) atoms. The van der Waals surface area contributed by atoms with E-state index in [0.717, 1.165) is 0 Å². The normalized spacial score (nSPS) is 12.1. The topological polar surface area (TPSA) is 134 Å². The molecule has 0 unspecified atom stereocenters. The average molecular weight is 450 g/mol. The highest BCUT2D eigenvalue weighted by Gasteiger charge is 2.24. The van der Waals surface area contributed by atoms with Crippen LogP contribution in [0.3, 0.4) is 0 Å². The van der Waals surface area contributed by atoms with Crippen molar-refractivity contribution < 1.29 is 32.9 Å². The van der Waals surface area contributed by atoms with E-state index in [9.17, 15) is 24.3 Å². The lowest BCUT2D eigenvalue weighted by Gasteiger charge is -2.17. The fourth-order valence-electron chi connectivity index (χ4n) is 2.76. The van der Waals surface area contributed by atoms with Crippen molar-refractivity contribution >= 4 is 25.2 Å². The summed E-state index contributed by atoms with van der Waals surface area (Å²) in [6.07, 6.45) is 0.145. The molecule has 2 rings (SSSR count). The summed E-state index contributed by atoms with van der Waals surface area (Å²) in [5.41, 5.74) is 1.48. The summed E-state index contributed by atoms with van der Waals surface area (Å²) in [5.74, 6) is -1.16. The summed E-state index contributed by atoms with van der Waals surface area (Å²) < 4.78 is 26.8. The summed E-state index contributed by atoms with van der Waals surface area (Å²) in [6, 6.07) is 11.0. The van der Waals surface area contributed by atoms with Crippen LogP contribution < -0.4 is 5.32 Å². The molecule has 1 atom stereocenters. The lowest BCUT2D eigenvalue weighted by molar-refractivity contribution is -0.384. The lowest BCUT2D eigenvalue weighted by Crippen LogP contribution is -2.43. The number of hydrogen-bond donors (Lipinski definition) is 1. The minimum absolute atomic E-state index is 0.0484. The Balaban J connectivity index is 2.10. The van der Waals surface area contributed by atoms with Gasteiger partial charge in [0.25, 0.3) is 11.6 Å². The molecule has 1 amide bonds. The van der Waals surface area contributed by atoms with E-state index in [1.54, 1.807) is 12.1 Å². The van der Waals surface area contributed by atoms with Crippen LogP contribution in [0.1, 0.15) is 21.5 Å². The first-order chi connectivity index (χ1) is 14.7. The van der Waals surface area contributed by atoms with Crippen LogP contribution in [0.5, 0.6) is 0 Å². The van der Waals surface area contributed by atoms with Crippen molar-refractivity contribution in [3.63, 3.8) is 0 Å². The van der Waals surface area contributed by atoms with E-state index in [1.807, 2.05) is 0 Å². The number of amides is 1. The molecule has 0 aliphatic rings. The summed E-state index contributed by atoms with van der Waals surface area (Å²) >= 11 is 0. The van der Waals surface area contributed by atoms with E-state index in [4.69, 9.17) is 13.8 Å². The SMILES string of the molecule is COC(=O)[C@H](Cc1ccc([N+](=O)[O-])cc1)NC(=O)c1ccc(CP(=O)(OC)OC)cc1. The maximum atomic E-state index is 12.6. The fourth-order valence-corrected chi connectivity index (χ4v) is 3.82. The number of nitro groups is 1. The molecule has 0 bridgehead atoms. The van der Waals surface area contributed by atoms with Crippen LogP contribution >= 0.6 is 7.60 Å². The number of carbonyl (C=O) groups excluding carboxylic acids is 2. The molecule has 166 valence electrons. The highest BCUT2D eigenvalue weighted by molar-refractivity contribution is 7.52. The molecule has 0 heterocycles. The van der Waals surface area contributed by atoms with Gasteiger partial charge in [-0.05, 0) is 23.3 Å². The van der Waals surface area contributed by atoms with Crippen molar-refractivity contribution in [3.05, 3.63) is 75.3 Å². The van der Waals surface area contributed by atoms with Gasteiger partial charge in [-0.1, -0.05) is 24.3 Å². The smallest absolute Gasteiger partial charge is 0.334 e. The van der Waals surface area contributed by atoms with E-state index in [-0.39, 0.29) is 23.8 Å². The molecule has 0 saturated heterocycles. The second-order valence-corrected chi connectivity index (χ2v) is 8.78. The van der Waals surface area contributed by atoms with Gasteiger partial charge in [-0.25, -0.2) is 4.79 Å². The molecule has 0 aliphatic carbocycles. The highest BCUT2D eigenvalue weighted by Crippen LogP contribution is 2.49. The van der Waals surface area contributed by atoms with Gasteiger partial charge in [0.05, 0.1) is 18.2 Å². The molecule has 11 heteroatoms. The Bertz CT molecular complexity index is 968. The number of esters is 1. The summed E-state index contributed by atoms with van der Waals surface area (Å²) in [7, 11) is 0.561. The number of nitrogens with one attached hydrogen (secondary N) is 1. The summed E-state index contributed by atoms with van der Waals surface area (Å²) in [6.45, 7) is 0. The predicted octanol–water partition coefficient (Wildman–Crippen LogP) is 3.09. The fraction of sp³-hybridized carbons (Fsp3) is 0.300. The van der Waals surface area contributed by atoms with Crippen molar-refractivity contribution in [2.45, 2.75) is 18.6 Å².